The molecule has 2 aromatic carbocycles. The molecule has 0 heterocycles. The molecule has 21 heavy (non-hydrogen) atoms. The summed E-state index contributed by atoms with van der Waals surface area (Å²) in [7, 11) is 1.65. The fraction of sp³-hybridized carbons (Fsp3) is 0.294. The van der Waals surface area contributed by atoms with Gasteiger partial charge in [-0.1, -0.05) is 12.1 Å². The molecule has 0 aromatic heterocycles. The lowest BCUT2D eigenvalue weighted by Gasteiger charge is -2.09. The average molecular weight is 289 g/mol. The van der Waals surface area contributed by atoms with Crippen molar-refractivity contribution in [3.8, 4) is 11.5 Å². The summed E-state index contributed by atoms with van der Waals surface area (Å²) in [6, 6.07) is 12.9. The number of hydrogen-bond acceptors (Lipinski definition) is 3. The zero-order valence-electron chi connectivity index (χ0n) is 12.4. The average Bonchev–Trinajstić information content (AvgIpc) is 2.51. The van der Waals surface area contributed by atoms with E-state index in [0.29, 0.717) is 12.4 Å². The second-order valence-electron chi connectivity index (χ2n) is 4.60. The van der Waals surface area contributed by atoms with E-state index in [1.54, 1.807) is 13.2 Å². The van der Waals surface area contributed by atoms with Gasteiger partial charge in [0.2, 0.25) is 0 Å². The molecule has 0 aliphatic rings. The van der Waals surface area contributed by atoms with Crippen LogP contribution in [0.15, 0.2) is 42.5 Å². The third-order valence-corrected chi connectivity index (χ3v) is 3.13. The van der Waals surface area contributed by atoms with Crippen LogP contribution in [-0.2, 0) is 6.42 Å². The van der Waals surface area contributed by atoms with E-state index in [-0.39, 0.29) is 5.82 Å². The maximum absolute atomic E-state index is 13.7. The number of hydrogen-bond donors (Lipinski definition) is 1. The smallest absolute Gasteiger partial charge is 0.167 e. The van der Waals surface area contributed by atoms with Crippen LogP contribution in [0.25, 0.3) is 0 Å². The molecule has 0 radical (unpaired) electrons. The second kappa shape index (κ2) is 7.53. The zero-order valence-corrected chi connectivity index (χ0v) is 12.4. The minimum atomic E-state index is -0.341. The Morgan fingerprint density at radius 2 is 1.86 bits per heavy atom. The molecule has 4 heteroatoms. The lowest BCUT2D eigenvalue weighted by atomic mass is 10.1. The lowest BCUT2D eigenvalue weighted by molar-refractivity contribution is 0.321. The van der Waals surface area contributed by atoms with Crippen LogP contribution < -0.4 is 14.8 Å². The van der Waals surface area contributed by atoms with Gasteiger partial charge in [-0.05, 0) is 43.2 Å². The van der Waals surface area contributed by atoms with Gasteiger partial charge in [0.05, 0.1) is 13.7 Å². The predicted molar refractivity (Wildman–Crippen MR) is 82.8 cm³/mol. The fourth-order valence-electron chi connectivity index (χ4n) is 2.03. The van der Waals surface area contributed by atoms with E-state index in [9.17, 15) is 4.39 Å². The van der Waals surface area contributed by atoms with Gasteiger partial charge in [-0.25, -0.2) is 4.39 Å². The maximum atomic E-state index is 13.7. The van der Waals surface area contributed by atoms with Gasteiger partial charge >= 0.3 is 0 Å². The molecule has 2 rings (SSSR count). The Hall–Kier alpha value is -2.23. The van der Waals surface area contributed by atoms with Crippen LogP contribution in [0, 0.1) is 5.82 Å². The van der Waals surface area contributed by atoms with Gasteiger partial charge in [-0.15, -0.1) is 0 Å². The van der Waals surface area contributed by atoms with Gasteiger partial charge < -0.3 is 14.8 Å². The number of methoxy groups -OCH3 is 1. The van der Waals surface area contributed by atoms with Crippen LogP contribution in [0.5, 0.6) is 11.5 Å². The summed E-state index contributed by atoms with van der Waals surface area (Å²) < 4.78 is 24.0. The first-order valence-electron chi connectivity index (χ1n) is 7.02. The molecule has 1 N–H and O–H groups in total. The summed E-state index contributed by atoms with van der Waals surface area (Å²) in [5.41, 5.74) is 1.96. The zero-order chi connectivity index (χ0) is 15.1. The Bertz CT molecular complexity index is 570. The molecule has 0 atom stereocenters. The molecule has 0 unspecified atom stereocenters. The van der Waals surface area contributed by atoms with E-state index in [1.807, 2.05) is 37.3 Å². The van der Waals surface area contributed by atoms with E-state index in [4.69, 9.17) is 9.47 Å². The van der Waals surface area contributed by atoms with E-state index < -0.39 is 0 Å². The van der Waals surface area contributed by atoms with Gasteiger partial charge in [-0.2, -0.15) is 0 Å². The summed E-state index contributed by atoms with van der Waals surface area (Å²) in [6.07, 6.45) is 0.860. The van der Waals surface area contributed by atoms with Crippen LogP contribution in [0.4, 0.5) is 10.1 Å². The third kappa shape index (κ3) is 4.38. The van der Waals surface area contributed by atoms with Gasteiger partial charge in [0, 0.05) is 18.3 Å². The lowest BCUT2D eigenvalue weighted by Crippen LogP contribution is -2.05. The van der Waals surface area contributed by atoms with Crippen molar-refractivity contribution in [3.63, 3.8) is 0 Å². The molecule has 0 saturated carbocycles. The SMILES string of the molecule is CCOc1ccc(NCCc2ccc(OC)cc2)cc1F. The molecule has 0 bridgehead atoms. The fourth-order valence-corrected chi connectivity index (χ4v) is 2.03. The van der Waals surface area contributed by atoms with Crippen molar-refractivity contribution in [1.29, 1.82) is 0 Å². The molecule has 0 saturated heterocycles. The van der Waals surface area contributed by atoms with Crippen LogP contribution >= 0.6 is 0 Å². The summed E-state index contributed by atoms with van der Waals surface area (Å²) in [4.78, 5) is 0. The Kier molecular flexibility index (Phi) is 5.43. The molecular weight excluding hydrogens is 269 g/mol. The number of benzene rings is 2. The molecule has 0 spiro atoms. The van der Waals surface area contributed by atoms with Crippen molar-refractivity contribution in [2.45, 2.75) is 13.3 Å². The largest absolute Gasteiger partial charge is 0.497 e. The predicted octanol–water partition coefficient (Wildman–Crippen LogP) is 3.89. The second-order valence-corrected chi connectivity index (χ2v) is 4.60. The number of nitrogens with one attached hydrogen (secondary N) is 1. The van der Waals surface area contributed by atoms with Crippen molar-refractivity contribution in [2.75, 3.05) is 25.6 Å². The summed E-state index contributed by atoms with van der Waals surface area (Å²) in [5.74, 6) is 0.796. The molecule has 3 nitrogen and oxygen atoms in total. The highest BCUT2D eigenvalue weighted by molar-refractivity contribution is 5.47. The summed E-state index contributed by atoms with van der Waals surface area (Å²) in [5, 5.41) is 3.21. The molecule has 0 aliphatic heterocycles. The van der Waals surface area contributed by atoms with Crippen LogP contribution in [0.1, 0.15) is 12.5 Å². The Morgan fingerprint density at radius 3 is 2.48 bits per heavy atom. The van der Waals surface area contributed by atoms with Crippen molar-refractivity contribution >= 4 is 5.69 Å². The highest BCUT2D eigenvalue weighted by atomic mass is 19.1. The molecule has 0 aliphatic carbocycles. The molecular formula is C17H20FNO2. The summed E-state index contributed by atoms with van der Waals surface area (Å²) >= 11 is 0. The van der Waals surface area contributed by atoms with Crippen LogP contribution in [0.2, 0.25) is 0 Å². The molecule has 2 aromatic rings. The van der Waals surface area contributed by atoms with Crippen molar-refractivity contribution in [1.82, 2.24) is 0 Å². The first-order valence-corrected chi connectivity index (χ1v) is 7.02. The highest BCUT2D eigenvalue weighted by Gasteiger charge is 2.03. The molecule has 0 fully saturated rings. The number of ether oxygens (including phenoxy) is 2. The summed E-state index contributed by atoms with van der Waals surface area (Å²) in [6.45, 7) is 3.03. The quantitative estimate of drug-likeness (QED) is 0.839. The Balaban J connectivity index is 1.86. The van der Waals surface area contributed by atoms with E-state index in [1.165, 1.54) is 11.6 Å². The van der Waals surface area contributed by atoms with Gasteiger partial charge in [0.15, 0.2) is 11.6 Å². The van der Waals surface area contributed by atoms with Crippen molar-refractivity contribution in [2.24, 2.45) is 0 Å². The Labute approximate surface area is 124 Å². The molecule has 112 valence electrons. The molecule has 0 amide bonds. The topological polar surface area (TPSA) is 30.5 Å². The minimum absolute atomic E-state index is 0.290. The third-order valence-electron chi connectivity index (χ3n) is 3.13. The van der Waals surface area contributed by atoms with Crippen LogP contribution in [0.3, 0.4) is 0 Å². The number of rotatable bonds is 7. The first-order chi connectivity index (χ1) is 10.2. The maximum Gasteiger partial charge on any atom is 0.167 e. The van der Waals surface area contributed by atoms with Crippen molar-refractivity contribution in [3.05, 3.63) is 53.8 Å². The first kappa shape index (κ1) is 15.2. The normalized spacial score (nSPS) is 10.2. The standard InChI is InChI=1S/C17H20FNO2/c1-3-21-17-9-6-14(12-16(17)18)19-11-10-13-4-7-15(20-2)8-5-13/h4-9,12,19H,3,10-11H2,1-2H3. The number of halogens is 1. The van der Waals surface area contributed by atoms with Crippen molar-refractivity contribution < 1.29 is 13.9 Å². The Morgan fingerprint density at radius 1 is 1.10 bits per heavy atom. The minimum Gasteiger partial charge on any atom is -0.497 e. The van der Waals surface area contributed by atoms with Gasteiger partial charge in [0.25, 0.3) is 0 Å². The van der Waals surface area contributed by atoms with E-state index in [2.05, 4.69) is 5.32 Å². The van der Waals surface area contributed by atoms with E-state index >= 15 is 0 Å². The van der Waals surface area contributed by atoms with Gasteiger partial charge in [0.1, 0.15) is 5.75 Å². The van der Waals surface area contributed by atoms with Crippen LogP contribution in [-0.4, -0.2) is 20.3 Å². The van der Waals surface area contributed by atoms with E-state index in [0.717, 1.165) is 24.4 Å². The highest BCUT2D eigenvalue weighted by Crippen LogP contribution is 2.21. The monoisotopic (exact) mass is 289 g/mol. The number of anilines is 1. The van der Waals surface area contributed by atoms with Gasteiger partial charge in [-0.3, -0.25) is 0 Å².